The number of amides is 1. The van der Waals surface area contributed by atoms with Crippen molar-refractivity contribution in [3.8, 4) is 0 Å². The number of aromatic nitrogens is 1. The Bertz CT molecular complexity index is 1010. The highest BCUT2D eigenvalue weighted by molar-refractivity contribution is 6.31. The quantitative estimate of drug-likeness (QED) is 0.404. The van der Waals surface area contributed by atoms with Gasteiger partial charge in [0.15, 0.2) is 6.20 Å². The maximum atomic E-state index is 12.8. The van der Waals surface area contributed by atoms with E-state index in [1.807, 2.05) is 6.92 Å². The van der Waals surface area contributed by atoms with E-state index in [4.69, 9.17) is 16.3 Å². The summed E-state index contributed by atoms with van der Waals surface area (Å²) in [5.74, 6) is -1.46. The molecule has 0 radical (unpaired) electrons. The highest BCUT2D eigenvalue weighted by atomic mass is 35.5. The molecule has 0 aliphatic rings. The molecule has 3 aromatic rings. The second-order valence-electron chi connectivity index (χ2n) is 6.06. The van der Waals surface area contributed by atoms with E-state index in [0.717, 1.165) is 5.56 Å². The van der Waals surface area contributed by atoms with E-state index >= 15 is 0 Å². The Kier molecular flexibility index (Phi) is 5.91. The van der Waals surface area contributed by atoms with Crippen LogP contribution in [0.2, 0.25) is 5.02 Å². The minimum Gasteiger partial charge on any atom is -0.618 e. The Morgan fingerprint density at radius 2 is 1.79 bits per heavy atom. The van der Waals surface area contributed by atoms with Gasteiger partial charge in [0.25, 0.3) is 5.91 Å². The molecule has 0 aliphatic carbocycles. The van der Waals surface area contributed by atoms with Crippen LogP contribution in [0.3, 0.4) is 0 Å². The molecule has 0 unspecified atom stereocenters. The number of benzene rings is 2. The summed E-state index contributed by atoms with van der Waals surface area (Å²) in [6.07, 6.45) is -0.0587. The fourth-order valence-corrected chi connectivity index (χ4v) is 2.71. The summed E-state index contributed by atoms with van der Waals surface area (Å²) in [7, 11) is 0. The number of ether oxygens (including phenoxy) is 1. The lowest BCUT2D eigenvalue weighted by molar-refractivity contribution is -0.608. The maximum Gasteiger partial charge on any atom is 0.406 e. The van der Waals surface area contributed by atoms with Crippen LogP contribution in [0.5, 0.6) is 0 Å². The second kappa shape index (κ2) is 8.54. The van der Waals surface area contributed by atoms with Gasteiger partial charge in [-0.1, -0.05) is 48.0 Å². The molecule has 0 spiro atoms. The molecule has 2 aromatic carbocycles. The van der Waals surface area contributed by atoms with Gasteiger partial charge >= 0.3 is 11.7 Å². The Morgan fingerprint density at radius 3 is 2.46 bits per heavy atom. The van der Waals surface area contributed by atoms with E-state index in [9.17, 15) is 14.8 Å². The Balaban J connectivity index is 1.86. The van der Waals surface area contributed by atoms with Gasteiger partial charge < -0.3 is 15.3 Å². The molecular formula is C21H17ClN2O4. The Hall–Kier alpha value is -3.38. The zero-order valence-electron chi connectivity index (χ0n) is 15.0. The van der Waals surface area contributed by atoms with Crippen LogP contribution in [0.15, 0.2) is 72.9 Å². The van der Waals surface area contributed by atoms with E-state index in [0.29, 0.717) is 21.0 Å². The summed E-state index contributed by atoms with van der Waals surface area (Å²) in [5, 5.41) is 15.0. The molecule has 0 fully saturated rings. The highest BCUT2D eigenvalue weighted by Gasteiger charge is 2.28. The van der Waals surface area contributed by atoms with Crippen LogP contribution in [0.1, 0.15) is 27.7 Å². The zero-order valence-corrected chi connectivity index (χ0v) is 15.7. The Morgan fingerprint density at radius 1 is 1.07 bits per heavy atom. The summed E-state index contributed by atoms with van der Waals surface area (Å²) in [4.78, 5) is 25.3. The van der Waals surface area contributed by atoms with E-state index in [-0.39, 0.29) is 5.69 Å². The lowest BCUT2D eigenvalue weighted by Gasteiger charge is -2.18. The molecule has 0 saturated heterocycles. The number of nitrogens with one attached hydrogen (secondary N) is 1. The number of carbonyl (C=O) groups is 2. The van der Waals surface area contributed by atoms with Gasteiger partial charge in [0.1, 0.15) is 0 Å². The molecule has 1 heterocycles. The predicted molar refractivity (Wildman–Crippen MR) is 105 cm³/mol. The minimum absolute atomic E-state index is 0.213. The Labute approximate surface area is 166 Å². The molecule has 142 valence electrons. The molecule has 7 heteroatoms. The van der Waals surface area contributed by atoms with Gasteiger partial charge in [-0.05, 0) is 30.7 Å². The van der Waals surface area contributed by atoms with E-state index in [1.54, 1.807) is 48.5 Å². The predicted octanol–water partition coefficient (Wildman–Crippen LogP) is 3.82. The number of aryl methyl sites for hydroxylation is 1. The molecule has 1 atom stereocenters. The summed E-state index contributed by atoms with van der Waals surface area (Å²) in [6.45, 7) is 1.85. The van der Waals surface area contributed by atoms with Gasteiger partial charge in [0.2, 0.25) is 6.10 Å². The number of pyridine rings is 1. The number of esters is 1. The third-order valence-electron chi connectivity index (χ3n) is 4.04. The van der Waals surface area contributed by atoms with Crippen molar-refractivity contribution in [3.63, 3.8) is 0 Å². The molecule has 0 saturated carbocycles. The molecule has 1 amide bonds. The number of nitrogens with zero attached hydrogens (tertiary/aromatic N) is 1. The van der Waals surface area contributed by atoms with Crippen LogP contribution >= 0.6 is 11.6 Å². The number of hydrogen-bond donors (Lipinski definition) is 1. The van der Waals surface area contributed by atoms with Crippen molar-refractivity contribution in [3.05, 3.63) is 100.0 Å². The average molecular weight is 397 g/mol. The number of halogens is 1. The first-order chi connectivity index (χ1) is 13.5. The fourth-order valence-electron chi connectivity index (χ4n) is 2.53. The standard InChI is InChI=1S/C21H17ClN2O4/c1-14-10-11-16(13-17(14)22)23-20(25)19(15-7-3-2-4-8-15)28-21(26)18-9-5-6-12-24(18)27/h2-13,19H,1H3,(H,23,25)/t19-/m1/s1. The van der Waals surface area contributed by atoms with E-state index in [2.05, 4.69) is 5.32 Å². The van der Waals surface area contributed by atoms with Crippen molar-refractivity contribution in [2.24, 2.45) is 0 Å². The van der Waals surface area contributed by atoms with E-state index in [1.165, 1.54) is 24.4 Å². The molecule has 6 nitrogen and oxygen atoms in total. The number of anilines is 1. The lowest BCUT2D eigenvalue weighted by Crippen LogP contribution is -2.36. The smallest absolute Gasteiger partial charge is 0.406 e. The van der Waals surface area contributed by atoms with Crippen LogP contribution in [-0.2, 0) is 9.53 Å². The van der Waals surface area contributed by atoms with Crippen molar-refractivity contribution in [2.45, 2.75) is 13.0 Å². The first-order valence-electron chi connectivity index (χ1n) is 8.47. The van der Waals surface area contributed by atoms with Gasteiger partial charge in [-0.3, -0.25) is 4.79 Å². The normalized spacial score (nSPS) is 11.5. The van der Waals surface area contributed by atoms with Crippen LogP contribution in [-0.4, -0.2) is 11.9 Å². The largest absolute Gasteiger partial charge is 0.618 e. The lowest BCUT2D eigenvalue weighted by atomic mass is 10.1. The van der Waals surface area contributed by atoms with Crippen molar-refractivity contribution in [2.75, 3.05) is 5.32 Å². The monoisotopic (exact) mass is 396 g/mol. The van der Waals surface area contributed by atoms with Gasteiger partial charge in [0.05, 0.1) is 0 Å². The third kappa shape index (κ3) is 4.47. The van der Waals surface area contributed by atoms with Crippen molar-refractivity contribution < 1.29 is 19.1 Å². The molecule has 3 rings (SSSR count). The molecule has 1 N–H and O–H groups in total. The average Bonchev–Trinajstić information content (AvgIpc) is 2.69. The van der Waals surface area contributed by atoms with Crippen molar-refractivity contribution in [1.82, 2.24) is 0 Å². The maximum absolute atomic E-state index is 12.8. The molecule has 0 aliphatic heterocycles. The van der Waals surface area contributed by atoms with Crippen molar-refractivity contribution >= 4 is 29.2 Å². The van der Waals surface area contributed by atoms with Crippen LogP contribution in [0, 0.1) is 12.1 Å². The fraction of sp³-hybridized carbons (Fsp3) is 0.0952. The SMILES string of the molecule is Cc1ccc(NC(=O)[C@H](OC(=O)c2cccc[n+]2[O-])c2ccccc2)cc1Cl. The summed E-state index contributed by atoms with van der Waals surface area (Å²) in [6, 6.07) is 18.0. The summed E-state index contributed by atoms with van der Waals surface area (Å²) >= 11 is 6.10. The first kappa shape index (κ1) is 19.4. The molecule has 0 bridgehead atoms. The second-order valence-corrected chi connectivity index (χ2v) is 6.47. The summed E-state index contributed by atoms with van der Waals surface area (Å²) < 4.78 is 5.78. The van der Waals surface area contributed by atoms with E-state index < -0.39 is 18.0 Å². The zero-order chi connectivity index (χ0) is 20.1. The highest BCUT2D eigenvalue weighted by Crippen LogP contribution is 2.24. The summed E-state index contributed by atoms with van der Waals surface area (Å²) in [5.41, 5.74) is 1.60. The number of hydrogen-bond acceptors (Lipinski definition) is 4. The van der Waals surface area contributed by atoms with Gasteiger partial charge in [-0.2, -0.15) is 4.73 Å². The van der Waals surface area contributed by atoms with Gasteiger partial charge in [0, 0.05) is 28.4 Å². The van der Waals surface area contributed by atoms with Gasteiger partial charge in [-0.25, -0.2) is 4.79 Å². The molecular weight excluding hydrogens is 380 g/mol. The minimum atomic E-state index is -1.24. The number of rotatable bonds is 5. The topological polar surface area (TPSA) is 82.3 Å². The molecule has 1 aromatic heterocycles. The van der Waals surface area contributed by atoms with Crippen LogP contribution < -0.4 is 10.0 Å². The number of carbonyl (C=O) groups excluding carboxylic acids is 2. The van der Waals surface area contributed by atoms with Crippen LogP contribution in [0.25, 0.3) is 0 Å². The molecule has 28 heavy (non-hydrogen) atoms. The van der Waals surface area contributed by atoms with Crippen LogP contribution in [0.4, 0.5) is 5.69 Å². The third-order valence-corrected chi connectivity index (χ3v) is 4.45. The van der Waals surface area contributed by atoms with Crippen molar-refractivity contribution in [1.29, 1.82) is 0 Å². The first-order valence-corrected chi connectivity index (χ1v) is 8.84. The van der Waals surface area contributed by atoms with Gasteiger partial charge in [-0.15, -0.1) is 0 Å².